The minimum Gasteiger partial charge on any atom is -0.508 e. The van der Waals surface area contributed by atoms with Crippen LogP contribution >= 0.6 is 0 Å². The van der Waals surface area contributed by atoms with Gasteiger partial charge in [-0.3, -0.25) is 4.79 Å². The molecule has 0 bridgehead atoms. The van der Waals surface area contributed by atoms with E-state index in [2.05, 4.69) is 5.32 Å². The number of alkyl halides is 3. The van der Waals surface area contributed by atoms with Gasteiger partial charge in [0, 0.05) is 18.5 Å². The molecule has 0 unspecified atom stereocenters. The molecular weight excluding hydrogens is 259 g/mol. The highest BCUT2D eigenvalue weighted by molar-refractivity contribution is 5.94. The van der Waals surface area contributed by atoms with Gasteiger partial charge in [0.05, 0.1) is 0 Å². The van der Waals surface area contributed by atoms with E-state index in [1.807, 2.05) is 0 Å². The fourth-order valence-corrected chi connectivity index (χ4v) is 1.55. The van der Waals surface area contributed by atoms with E-state index in [1.165, 1.54) is 18.2 Å². The molecule has 1 amide bonds. The highest BCUT2D eigenvalue weighted by Gasteiger charge is 2.25. The zero-order chi connectivity index (χ0) is 14.5. The molecule has 1 rings (SSSR count). The van der Waals surface area contributed by atoms with E-state index in [0.29, 0.717) is 11.1 Å². The van der Waals surface area contributed by atoms with Crippen LogP contribution in [0.25, 0.3) is 0 Å². The van der Waals surface area contributed by atoms with E-state index in [1.54, 1.807) is 6.92 Å². The molecule has 0 atom stereocenters. The number of aryl methyl sites for hydroxylation is 1. The largest absolute Gasteiger partial charge is 0.508 e. The van der Waals surface area contributed by atoms with Crippen LogP contribution in [-0.4, -0.2) is 23.7 Å². The summed E-state index contributed by atoms with van der Waals surface area (Å²) in [4.78, 5) is 11.7. The Morgan fingerprint density at radius 3 is 2.58 bits per heavy atom. The second-order valence-corrected chi connectivity index (χ2v) is 4.33. The van der Waals surface area contributed by atoms with Crippen molar-refractivity contribution in [1.29, 1.82) is 0 Å². The monoisotopic (exact) mass is 275 g/mol. The number of benzene rings is 1. The number of nitrogens with one attached hydrogen (secondary N) is 1. The summed E-state index contributed by atoms with van der Waals surface area (Å²) < 4.78 is 35.6. The van der Waals surface area contributed by atoms with Crippen LogP contribution in [0.15, 0.2) is 18.2 Å². The van der Waals surface area contributed by atoms with Crippen LogP contribution in [0.1, 0.15) is 35.2 Å². The first-order chi connectivity index (χ1) is 8.79. The molecule has 0 fully saturated rings. The van der Waals surface area contributed by atoms with Crippen molar-refractivity contribution in [2.75, 3.05) is 6.54 Å². The average Bonchev–Trinajstić information content (AvgIpc) is 2.30. The number of phenols is 1. The normalized spacial score (nSPS) is 11.4. The van der Waals surface area contributed by atoms with Crippen molar-refractivity contribution < 1.29 is 23.1 Å². The van der Waals surface area contributed by atoms with Crippen LogP contribution in [0.2, 0.25) is 0 Å². The third-order valence-corrected chi connectivity index (χ3v) is 2.63. The highest BCUT2D eigenvalue weighted by atomic mass is 19.4. The lowest BCUT2D eigenvalue weighted by molar-refractivity contribution is -0.135. The molecule has 106 valence electrons. The third kappa shape index (κ3) is 5.63. The minimum atomic E-state index is -4.14. The molecule has 0 spiro atoms. The number of hydrogen-bond donors (Lipinski definition) is 2. The van der Waals surface area contributed by atoms with Gasteiger partial charge in [-0.1, -0.05) is 0 Å². The molecule has 0 aliphatic heterocycles. The maximum atomic E-state index is 11.9. The Kier molecular flexibility index (Phi) is 5.20. The van der Waals surface area contributed by atoms with Gasteiger partial charge >= 0.3 is 6.18 Å². The summed E-state index contributed by atoms with van der Waals surface area (Å²) in [5.41, 5.74) is 0.954. The van der Waals surface area contributed by atoms with Gasteiger partial charge in [-0.15, -0.1) is 0 Å². The number of carbonyl (C=O) groups is 1. The Balaban J connectivity index is 2.33. The van der Waals surface area contributed by atoms with Gasteiger partial charge in [0.2, 0.25) is 0 Å². The lowest BCUT2D eigenvalue weighted by Gasteiger charge is -2.08. The molecule has 3 nitrogen and oxygen atoms in total. The number of halogens is 3. The number of aromatic hydroxyl groups is 1. The van der Waals surface area contributed by atoms with Crippen molar-refractivity contribution in [1.82, 2.24) is 5.32 Å². The van der Waals surface area contributed by atoms with Crippen molar-refractivity contribution in [2.45, 2.75) is 32.4 Å². The maximum Gasteiger partial charge on any atom is 0.389 e. The van der Waals surface area contributed by atoms with Gasteiger partial charge in [0.25, 0.3) is 5.91 Å². The van der Waals surface area contributed by atoms with E-state index in [9.17, 15) is 23.1 Å². The molecule has 1 aromatic rings. The topological polar surface area (TPSA) is 49.3 Å². The highest BCUT2D eigenvalue weighted by Crippen LogP contribution is 2.22. The van der Waals surface area contributed by atoms with Crippen molar-refractivity contribution >= 4 is 5.91 Å². The van der Waals surface area contributed by atoms with Crippen molar-refractivity contribution in [2.24, 2.45) is 0 Å². The number of carbonyl (C=O) groups excluding carboxylic acids is 1. The molecule has 0 heterocycles. The fraction of sp³-hybridized carbons (Fsp3) is 0.462. The second kappa shape index (κ2) is 6.45. The lowest BCUT2D eigenvalue weighted by Crippen LogP contribution is -2.24. The van der Waals surface area contributed by atoms with Gasteiger partial charge in [0.1, 0.15) is 5.75 Å². The Labute approximate surface area is 109 Å². The first kappa shape index (κ1) is 15.3. The second-order valence-electron chi connectivity index (χ2n) is 4.33. The van der Waals surface area contributed by atoms with Crippen LogP contribution in [0.3, 0.4) is 0 Å². The smallest absolute Gasteiger partial charge is 0.389 e. The molecule has 2 N–H and O–H groups in total. The Bertz CT molecular complexity index is 444. The third-order valence-electron chi connectivity index (χ3n) is 2.63. The van der Waals surface area contributed by atoms with Crippen LogP contribution in [0, 0.1) is 6.92 Å². The van der Waals surface area contributed by atoms with E-state index < -0.39 is 12.6 Å². The standard InChI is InChI=1S/C13H16F3NO2/c1-9-8-10(4-5-11(9)18)12(19)17-7-3-2-6-13(14,15)16/h4-5,8,18H,2-3,6-7H2,1H3,(H,17,19). The average molecular weight is 275 g/mol. The summed E-state index contributed by atoms with van der Waals surface area (Å²) >= 11 is 0. The first-order valence-electron chi connectivity index (χ1n) is 5.94. The Morgan fingerprint density at radius 1 is 1.32 bits per heavy atom. The summed E-state index contributed by atoms with van der Waals surface area (Å²) in [5, 5.41) is 11.9. The number of unbranched alkanes of at least 4 members (excludes halogenated alkanes) is 1. The van der Waals surface area contributed by atoms with E-state index in [0.717, 1.165) is 0 Å². The van der Waals surface area contributed by atoms with Crippen molar-refractivity contribution in [3.8, 4) is 5.75 Å². The molecule has 0 aliphatic carbocycles. The predicted molar refractivity (Wildman–Crippen MR) is 65.1 cm³/mol. The van der Waals surface area contributed by atoms with E-state index in [4.69, 9.17) is 0 Å². The van der Waals surface area contributed by atoms with Crippen LogP contribution in [0.4, 0.5) is 13.2 Å². The van der Waals surface area contributed by atoms with Crippen LogP contribution < -0.4 is 5.32 Å². The summed E-state index contributed by atoms with van der Waals surface area (Å²) in [7, 11) is 0. The van der Waals surface area contributed by atoms with Gasteiger partial charge in [0.15, 0.2) is 0 Å². The van der Waals surface area contributed by atoms with Crippen molar-refractivity contribution in [3.63, 3.8) is 0 Å². The summed E-state index contributed by atoms with van der Waals surface area (Å²) in [6, 6.07) is 4.40. The van der Waals surface area contributed by atoms with Crippen LogP contribution in [0.5, 0.6) is 5.75 Å². The Hall–Kier alpha value is -1.72. The Morgan fingerprint density at radius 2 is 2.00 bits per heavy atom. The lowest BCUT2D eigenvalue weighted by atomic mass is 10.1. The molecule has 0 aliphatic rings. The molecule has 0 saturated carbocycles. The molecule has 0 radical (unpaired) electrons. The predicted octanol–water partition coefficient (Wildman–Crippen LogP) is 3.16. The number of phenolic OH excluding ortho intramolecular Hbond substituents is 1. The first-order valence-corrected chi connectivity index (χ1v) is 5.94. The number of rotatable bonds is 5. The molecular formula is C13H16F3NO2. The van der Waals surface area contributed by atoms with Gasteiger partial charge in [-0.05, 0) is 43.5 Å². The molecule has 0 aromatic heterocycles. The summed E-state index contributed by atoms with van der Waals surface area (Å²) in [5.74, 6) is -0.253. The maximum absolute atomic E-state index is 11.9. The molecule has 0 saturated heterocycles. The summed E-state index contributed by atoms with van der Waals surface area (Å²) in [6.45, 7) is 1.87. The fourth-order valence-electron chi connectivity index (χ4n) is 1.55. The number of hydrogen-bond acceptors (Lipinski definition) is 2. The van der Waals surface area contributed by atoms with Crippen LogP contribution in [-0.2, 0) is 0 Å². The molecule has 6 heteroatoms. The molecule has 19 heavy (non-hydrogen) atoms. The van der Waals surface area contributed by atoms with Gasteiger partial charge in [-0.25, -0.2) is 0 Å². The quantitative estimate of drug-likeness (QED) is 0.811. The zero-order valence-corrected chi connectivity index (χ0v) is 10.5. The van der Waals surface area contributed by atoms with E-state index in [-0.39, 0.29) is 31.0 Å². The molecule has 1 aromatic carbocycles. The van der Waals surface area contributed by atoms with Gasteiger partial charge in [-0.2, -0.15) is 13.2 Å². The SMILES string of the molecule is Cc1cc(C(=O)NCCCCC(F)(F)F)ccc1O. The number of amides is 1. The zero-order valence-electron chi connectivity index (χ0n) is 10.5. The summed E-state index contributed by atoms with van der Waals surface area (Å²) in [6.07, 6.45) is -4.69. The van der Waals surface area contributed by atoms with E-state index >= 15 is 0 Å². The minimum absolute atomic E-state index is 0.00160. The van der Waals surface area contributed by atoms with Crippen molar-refractivity contribution in [3.05, 3.63) is 29.3 Å². The van der Waals surface area contributed by atoms with Gasteiger partial charge < -0.3 is 10.4 Å².